The monoisotopic (exact) mass is 180 g/mol. The molecule has 3 N–H and O–H groups in total. The van der Waals surface area contributed by atoms with Gasteiger partial charge in [-0.25, -0.2) is 0 Å². The minimum absolute atomic E-state index is 0.348. The lowest BCUT2D eigenvalue weighted by Crippen LogP contribution is -2.18. The van der Waals surface area contributed by atoms with Gasteiger partial charge in [-0.3, -0.25) is 4.79 Å². The zero-order chi connectivity index (χ0) is 8.55. The van der Waals surface area contributed by atoms with Crippen LogP contribution in [0, 0.1) is 0 Å². The summed E-state index contributed by atoms with van der Waals surface area (Å²) in [5.41, 5.74) is 6.94. The Bertz CT molecular complexity index is 354. The minimum Gasteiger partial charge on any atom is -0.366 e. The number of thiophene rings is 1. The Morgan fingerprint density at radius 2 is 2.50 bits per heavy atom. The van der Waals surface area contributed by atoms with Crippen LogP contribution in [0.15, 0.2) is 23.2 Å². The molecule has 12 heavy (non-hydrogen) atoms. The molecule has 0 aromatic carbocycles. The van der Waals surface area contributed by atoms with E-state index in [0.29, 0.717) is 12.0 Å². The fourth-order valence-electron chi connectivity index (χ4n) is 1.17. The van der Waals surface area contributed by atoms with Crippen LogP contribution in [0.3, 0.4) is 0 Å². The van der Waals surface area contributed by atoms with Gasteiger partial charge in [0.05, 0.1) is 5.00 Å². The van der Waals surface area contributed by atoms with Crippen molar-refractivity contribution in [3.63, 3.8) is 0 Å². The van der Waals surface area contributed by atoms with E-state index in [1.165, 1.54) is 0 Å². The Morgan fingerprint density at radius 1 is 1.67 bits per heavy atom. The van der Waals surface area contributed by atoms with Crippen LogP contribution in [-0.4, -0.2) is 5.91 Å². The van der Waals surface area contributed by atoms with Crippen molar-refractivity contribution >= 4 is 22.2 Å². The van der Waals surface area contributed by atoms with E-state index in [1.807, 2.05) is 11.4 Å². The van der Waals surface area contributed by atoms with Gasteiger partial charge in [-0.1, -0.05) is 0 Å². The van der Waals surface area contributed by atoms with Crippen LogP contribution in [-0.2, 0) is 11.2 Å². The topological polar surface area (TPSA) is 55.1 Å². The Morgan fingerprint density at radius 3 is 3.25 bits per heavy atom. The number of nitrogens with two attached hydrogens (primary N) is 1. The van der Waals surface area contributed by atoms with Crippen LogP contribution < -0.4 is 11.1 Å². The van der Waals surface area contributed by atoms with E-state index < -0.39 is 0 Å². The molecular formula is C8H8N2OS. The van der Waals surface area contributed by atoms with Gasteiger partial charge >= 0.3 is 0 Å². The molecule has 0 aliphatic carbocycles. The van der Waals surface area contributed by atoms with Gasteiger partial charge in [-0.2, -0.15) is 0 Å². The molecule has 2 rings (SSSR count). The van der Waals surface area contributed by atoms with Gasteiger partial charge in [0.2, 0.25) is 5.91 Å². The van der Waals surface area contributed by atoms with Crippen molar-refractivity contribution in [1.29, 1.82) is 0 Å². The second-order valence-corrected chi connectivity index (χ2v) is 3.55. The summed E-state index contributed by atoms with van der Waals surface area (Å²) in [6.07, 6.45) is 2.34. The van der Waals surface area contributed by atoms with E-state index in [-0.39, 0.29) is 5.91 Å². The van der Waals surface area contributed by atoms with E-state index >= 15 is 0 Å². The number of carbonyl (C=O) groups excluding carboxylic acids is 1. The summed E-state index contributed by atoms with van der Waals surface area (Å²) in [7, 11) is 0. The van der Waals surface area contributed by atoms with Gasteiger partial charge in [0.1, 0.15) is 0 Å². The summed E-state index contributed by atoms with van der Waals surface area (Å²) < 4.78 is 0. The predicted octanol–water partition coefficient (Wildman–Crippen LogP) is 1.09. The number of carbonyl (C=O) groups is 1. The quantitative estimate of drug-likeness (QED) is 0.679. The molecule has 3 nitrogen and oxygen atoms in total. The van der Waals surface area contributed by atoms with Crippen molar-refractivity contribution in [2.45, 2.75) is 6.42 Å². The van der Waals surface area contributed by atoms with E-state index in [9.17, 15) is 4.79 Å². The highest BCUT2D eigenvalue weighted by molar-refractivity contribution is 7.14. The molecule has 1 aliphatic rings. The van der Waals surface area contributed by atoms with Crippen LogP contribution in [0.2, 0.25) is 0 Å². The molecule has 1 aliphatic heterocycles. The summed E-state index contributed by atoms with van der Waals surface area (Å²) in [6.45, 7) is 0. The zero-order valence-electron chi connectivity index (χ0n) is 6.33. The lowest BCUT2D eigenvalue weighted by Gasteiger charge is -2.11. The summed E-state index contributed by atoms with van der Waals surface area (Å²) in [5, 5.41) is 6.14. The summed E-state index contributed by atoms with van der Waals surface area (Å²) in [4.78, 5) is 10.8. The number of rotatable bonds is 1. The summed E-state index contributed by atoms with van der Waals surface area (Å²) >= 11 is 1.63. The number of anilines is 1. The number of fused-ring (bicyclic) bond motifs is 1. The minimum atomic E-state index is -0.348. The van der Waals surface area contributed by atoms with Gasteiger partial charge < -0.3 is 11.1 Å². The molecule has 0 unspecified atom stereocenters. The molecule has 2 heterocycles. The van der Waals surface area contributed by atoms with E-state index in [0.717, 1.165) is 10.6 Å². The fourth-order valence-corrected chi connectivity index (χ4v) is 1.96. The molecule has 0 spiro atoms. The number of nitrogens with one attached hydrogen (secondary N) is 1. The first-order chi connectivity index (χ1) is 5.77. The Labute approximate surface area is 73.9 Å². The van der Waals surface area contributed by atoms with Crippen molar-refractivity contribution in [2.75, 3.05) is 5.32 Å². The van der Waals surface area contributed by atoms with Gasteiger partial charge in [0.25, 0.3) is 0 Å². The first-order valence-corrected chi connectivity index (χ1v) is 4.47. The Hall–Kier alpha value is -1.29. The maximum absolute atomic E-state index is 10.8. The van der Waals surface area contributed by atoms with Crippen molar-refractivity contribution in [3.05, 3.63) is 28.8 Å². The lowest BCUT2D eigenvalue weighted by molar-refractivity contribution is -0.114. The van der Waals surface area contributed by atoms with Gasteiger partial charge in [-0.05, 0) is 17.0 Å². The van der Waals surface area contributed by atoms with E-state index in [4.69, 9.17) is 5.73 Å². The number of hydrogen-bond donors (Lipinski definition) is 2. The third kappa shape index (κ3) is 1.10. The molecule has 4 heteroatoms. The smallest absolute Gasteiger partial charge is 0.246 e. The Kier molecular flexibility index (Phi) is 1.62. The van der Waals surface area contributed by atoms with Gasteiger partial charge in [0, 0.05) is 18.2 Å². The molecule has 62 valence electrons. The van der Waals surface area contributed by atoms with Gasteiger partial charge in [0.15, 0.2) is 0 Å². The highest BCUT2D eigenvalue weighted by Crippen LogP contribution is 2.28. The second-order valence-electron chi connectivity index (χ2n) is 2.63. The molecule has 1 aromatic rings. The van der Waals surface area contributed by atoms with Crippen LogP contribution in [0.4, 0.5) is 5.00 Å². The van der Waals surface area contributed by atoms with Crippen molar-refractivity contribution in [1.82, 2.24) is 0 Å². The lowest BCUT2D eigenvalue weighted by atomic mass is 10.1. The van der Waals surface area contributed by atoms with Crippen molar-refractivity contribution < 1.29 is 4.79 Å². The molecule has 0 saturated heterocycles. The standard InChI is InChI=1S/C8H8N2OS/c9-7(11)6-3-5-1-2-12-8(5)10-4-6/h1-2,4,10H,3H2,(H2,9,11). The maximum Gasteiger partial charge on any atom is 0.246 e. The first-order valence-electron chi connectivity index (χ1n) is 3.59. The zero-order valence-corrected chi connectivity index (χ0v) is 7.15. The molecular weight excluding hydrogens is 172 g/mol. The molecule has 0 radical (unpaired) electrons. The van der Waals surface area contributed by atoms with E-state index in [2.05, 4.69) is 5.32 Å². The highest BCUT2D eigenvalue weighted by Gasteiger charge is 2.14. The molecule has 1 amide bonds. The average molecular weight is 180 g/mol. The molecule has 0 fully saturated rings. The second kappa shape index (κ2) is 2.64. The van der Waals surface area contributed by atoms with Crippen molar-refractivity contribution in [3.8, 4) is 0 Å². The summed E-state index contributed by atoms with van der Waals surface area (Å²) in [5.74, 6) is -0.348. The number of amides is 1. The average Bonchev–Trinajstić information content (AvgIpc) is 2.49. The fraction of sp³-hybridized carbons (Fsp3) is 0.125. The largest absolute Gasteiger partial charge is 0.366 e. The maximum atomic E-state index is 10.8. The molecule has 0 bridgehead atoms. The molecule has 1 aromatic heterocycles. The third-order valence-electron chi connectivity index (χ3n) is 1.82. The summed E-state index contributed by atoms with van der Waals surface area (Å²) in [6, 6.07) is 2.00. The van der Waals surface area contributed by atoms with Crippen LogP contribution >= 0.6 is 11.3 Å². The number of primary amides is 1. The molecule has 0 saturated carbocycles. The van der Waals surface area contributed by atoms with Crippen molar-refractivity contribution in [2.24, 2.45) is 5.73 Å². The van der Waals surface area contributed by atoms with Crippen LogP contribution in [0.5, 0.6) is 0 Å². The first kappa shape index (κ1) is 7.36. The van der Waals surface area contributed by atoms with E-state index in [1.54, 1.807) is 17.5 Å². The van der Waals surface area contributed by atoms with Crippen LogP contribution in [0.25, 0.3) is 0 Å². The number of hydrogen-bond acceptors (Lipinski definition) is 3. The van der Waals surface area contributed by atoms with Crippen LogP contribution in [0.1, 0.15) is 5.56 Å². The van der Waals surface area contributed by atoms with Gasteiger partial charge in [-0.15, -0.1) is 11.3 Å². The molecule has 0 atom stereocenters. The highest BCUT2D eigenvalue weighted by atomic mass is 32.1. The predicted molar refractivity (Wildman–Crippen MR) is 48.9 cm³/mol. The normalized spacial score (nSPS) is 14.5. The Balaban J connectivity index is 2.29. The SMILES string of the molecule is NC(=O)C1=CNc2sccc2C1. The third-order valence-corrected chi connectivity index (χ3v) is 2.71.